The molecule has 0 saturated carbocycles. The Morgan fingerprint density at radius 2 is 1.70 bits per heavy atom. The van der Waals surface area contributed by atoms with Gasteiger partial charge < -0.3 is 0 Å². The van der Waals surface area contributed by atoms with Gasteiger partial charge in [-0.1, -0.05) is 66.8 Å². The summed E-state index contributed by atoms with van der Waals surface area (Å²) in [6.45, 7) is 9.14. The van der Waals surface area contributed by atoms with Gasteiger partial charge in [-0.3, -0.25) is 4.79 Å². The number of carbonyl (C=O) groups excluding carboxylic acids is 1. The van der Waals surface area contributed by atoms with Crippen LogP contribution in [0.5, 0.6) is 0 Å². The van der Waals surface area contributed by atoms with E-state index in [1.807, 2.05) is 18.2 Å². The van der Waals surface area contributed by atoms with E-state index in [0.717, 1.165) is 21.9 Å². The van der Waals surface area contributed by atoms with Crippen molar-refractivity contribution in [2.75, 3.05) is 0 Å². The lowest BCUT2D eigenvalue weighted by molar-refractivity contribution is 0.0980. The number of allylic oxidation sites excluding steroid dienone is 1. The third kappa shape index (κ3) is 2.03. The van der Waals surface area contributed by atoms with Crippen molar-refractivity contribution < 1.29 is 4.79 Å². The van der Waals surface area contributed by atoms with Gasteiger partial charge >= 0.3 is 0 Å². The minimum absolute atomic E-state index is 0.117. The number of aryl methyl sites for hydroxylation is 1. The van der Waals surface area contributed by atoms with Crippen molar-refractivity contribution in [1.29, 1.82) is 0 Å². The monoisotopic (exact) mass is 316 g/mol. The fourth-order valence-corrected chi connectivity index (χ4v) is 6.07. The SMILES string of the molecule is Cc1ccc2c(c1)=C([Si](C)(C)C)C1C(=O)c3ccccc3C1=C=2. The smallest absolute Gasteiger partial charge is 0.175 e. The summed E-state index contributed by atoms with van der Waals surface area (Å²) in [6, 6.07) is 14.5. The van der Waals surface area contributed by atoms with Crippen LogP contribution in [0.25, 0.3) is 16.5 Å². The molecule has 1 atom stereocenters. The number of hydrogen-bond acceptors (Lipinski definition) is 1. The molecule has 4 rings (SSSR count). The predicted octanol–water partition coefficient (Wildman–Crippen LogP) is 3.31. The second kappa shape index (κ2) is 4.67. The third-order valence-corrected chi connectivity index (χ3v) is 7.04. The Morgan fingerprint density at radius 3 is 2.39 bits per heavy atom. The van der Waals surface area contributed by atoms with Gasteiger partial charge in [0, 0.05) is 16.4 Å². The van der Waals surface area contributed by atoms with Crippen molar-refractivity contribution in [1.82, 2.24) is 0 Å². The fraction of sp³-hybridized carbons (Fsp3) is 0.238. The number of benzene rings is 2. The maximum Gasteiger partial charge on any atom is 0.175 e. The van der Waals surface area contributed by atoms with Gasteiger partial charge in [-0.05, 0) is 23.8 Å². The zero-order chi connectivity index (χ0) is 16.4. The second-order valence-electron chi connectivity index (χ2n) is 7.59. The molecule has 0 aliphatic heterocycles. The van der Waals surface area contributed by atoms with Crippen LogP contribution in [0.2, 0.25) is 19.6 Å². The molecule has 2 heteroatoms. The molecule has 0 aromatic heterocycles. The Morgan fingerprint density at radius 1 is 1.00 bits per heavy atom. The molecule has 0 bridgehead atoms. The van der Waals surface area contributed by atoms with Crippen molar-refractivity contribution in [3.63, 3.8) is 0 Å². The van der Waals surface area contributed by atoms with Crippen LogP contribution in [0.4, 0.5) is 0 Å². The lowest BCUT2D eigenvalue weighted by Gasteiger charge is -2.28. The fourth-order valence-electron chi connectivity index (χ4n) is 3.92. The standard InChI is InChI=1S/C21H20OSi/c1-13-9-10-14-12-18-15-7-5-6-8-16(15)20(22)19(18)21(17(14)11-13)23(2,3)4/h5-11,19H,1-4H3. The first kappa shape index (κ1) is 14.4. The first-order valence-corrected chi connectivity index (χ1v) is 11.6. The number of Topliss-reactive ketones (excluding diaryl/α,β-unsaturated/α-hetero) is 1. The first-order valence-electron chi connectivity index (χ1n) is 8.14. The van der Waals surface area contributed by atoms with Gasteiger partial charge in [-0.15, -0.1) is 5.73 Å². The maximum absolute atomic E-state index is 13.1. The maximum atomic E-state index is 13.1. The van der Waals surface area contributed by atoms with Gasteiger partial charge in [-0.25, -0.2) is 0 Å². The molecule has 0 radical (unpaired) electrons. The van der Waals surface area contributed by atoms with E-state index in [9.17, 15) is 4.79 Å². The van der Waals surface area contributed by atoms with Crippen molar-refractivity contribution in [3.05, 3.63) is 69.6 Å². The molecule has 1 nitrogen and oxygen atoms in total. The highest BCUT2D eigenvalue weighted by molar-refractivity contribution is 6.93. The average molecular weight is 316 g/mol. The van der Waals surface area contributed by atoms with E-state index >= 15 is 0 Å². The summed E-state index contributed by atoms with van der Waals surface area (Å²) in [5.74, 6) is 0.140. The second-order valence-corrected chi connectivity index (χ2v) is 12.6. The van der Waals surface area contributed by atoms with Gasteiger partial charge in [0.2, 0.25) is 0 Å². The summed E-state index contributed by atoms with van der Waals surface area (Å²) in [5, 5.41) is 3.76. The normalized spacial score (nSPS) is 18.8. The lowest BCUT2D eigenvalue weighted by atomic mass is 9.93. The van der Waals surface area contributed by atoms with Crippen LogP contribution in [0.15, 0.2) is 42.5 Å². The summed E-state index contributed by atoms with van der Waals surface area (Å²) in [7, 11) is -1.66. The van der Waals surface area contributed by atoms with Crippen LogP contribution in [0, 0.1) is 12.8 Å². The van der Waals surface area contributed by atoms with E-state index in [0.29, 0.717) is 0 Å². The minimum Gasteiger partial charge on any atom is -0.293 e. The number of carbonyl (C=O) groups is 1. The van der Waals surface area contributed by atoms with Gasteiger partial charge in [-0.2, -0.15) is 0 Å². The van der Waals surface area contributed by atoms with Gasteiger partial charge in [0.15, 0.2) is 5.78 Å². The summed E-state index contributed by atoms with van der Waals surface area (Å²) in [4.78, 5) is 13.1. The number of ketones is 1. The van der Waals surface area contributed by atoms with Crippen LogP contribution in [-0.2, 0) is 0 Å². The van der Waals surface area contributed by atoms with Gasteiger partial charge in [0.25, 0.3) is 0 Å². The molecule has 1 unspecified atom stereocenters. The zero-order valence-corrected chi connectivity index (χ0v) is 15.0. The Hall–Kier alpha value is -2.15. The van der Waals surface area contributed by atoms with Crippen LogP contribution in [-0.4, -0.2) is 13.9 Å². The Balaban J connectivity index is 2.20. The molecule has 0 spiro atoms. The zero-order valence-electron chi connectivity index (χ0n) is 14.0. The van der Waals surface area contributed by atoms with Crippen LogP contribution >= 0.6 is 0 Å². The Labute approximate surface area is 137 Å². The van der Waals surface area contributed by atoms with E-state index < -0.39 is 8.07 Å². The summed E-state index contributed by atoms with van der Waals surface area (Å²) in [6.07, 6.45) is 0. The van der Waals surface area contributed by atoms with Crippen LogP contribution in [0.3, 0.4) is 0 Å². The van der Waals surface area contributed by atoms with E-state index in [2.05, 4.69) is 56.6 Å². The molecule has 0 amide bonds. The highest BCUT2D eigenvalue weighted by atomic mass is 28.3. The molecular weight excluding hydrogens is 296 g/mol. The molecule has 0 fully saturated rings. The molecule has 2 aromatic carbocycles. The van der Waals surface area contributed by atoms with Crippen molar-refractivity contribution >= 4 is 30.4 Å². The van der Waals surface area contributed by atoms with Gasteiger partial charge in [0.1, 0.15) is 0 Å². The molecule has 0 saturated heterocycles. The predicted molar refractivity (Wildman–Crippen MR) is 98.3 cm³/mol. The Bertz CT molecular complexity index is 1010. The topological polar surface area (TPSA) is 17.1 Å². The van der Waals surface area contributed by atoms with Crippen molar-refractivity contribution in [2.45, 2.75) is 26.6 Å². The molecule has 0 heterocycles. The van der Waals surface area contributed by atoms with Gasteiger partial charge in [0.05, 0.1) is 14.0 Å². The molecular formula is C21H20OSi. The number of rotatable bonds is 1. The van der Waals surface area contributed by atoms with Crippen molar-refractivity contribution in [2.24, 2.45) is 5.92 Å². The Kier molecular flexibility index (Phi) is 2.93. The third-order valence-electron chi connectivity index (χ3n) is 4.86. The highest BCUT2D eigenvalue weighted by Crippen LogP contribution is 2.43. The molecule has 2 aromatic rings. The molecule has 2 aliphatic rings. The van der Waals surface area contributed by atoms with E-state index in [1.165, 1.54) is 16.0 Å². The van der Waals surface area contributed by atoms with Crippen LogP contribution in [0.1, 0.15) is 21.5 Å². The van der Waals surface area contributed by atoms with E-state index in [4.69, 9.17) is 0 Å². The molecule has 0 N–H and O–H groups in total. The largest absolute Gasteiger partial charge is 0.293 e. The molecule has 23 heavy (non-hydrogen) atoms. The van der Waals surface area contributed by atoms with E-state index in [-0.39, 0.29) is 11.7 Å². The van der Waals surface area contributed by atoms with Crippen molar-refractivity contribution in [3.8, 4) is 0 Å². The molecule has 114 valence electrons. The first-order chi connectivity index (χ1) is 10.9. The molecule has 2 aliphatic carbocycles. The van der Waals surface area contributed by atoms with E-state index in [1.54, 1.807) is 0 Å². The number of fused-ring (bicyclic) bond motifs is 4. The minimum atomic E-state index is -1.66. The summed E-state index contributed by atoms with van der Waals surface area (Å²) in [5.41, 5.74) is 7.83. The average Bonchev–Trinajstić information content (AvgIpc) is 2.77. The summed E-state index contributed by atoms with van der Waals surface area (Å²) >= 11 is 0. The quantitative estimate of drug-likeness (QED) is 0.738. The lowest BCUT2D eigenvalue weighted by Crippen LogP contribution is -2.42. The highest BCUT2D eigenvalue weighted by Gasteiger charge is 2.42. The van der Waals surface area contributed by atoms with Crippen LogP contribution < -0.4 is 10.4 Å². The summed E-state index contributed by atoms with van der Waals surface area (Å²) < 4.78 is 0. The number of hydrogen-bond donors (Lipinski definition) is 0.